The van der Waals surface area contributed by atoms with Gasteiger partial charge in [0.2, 0.25) is 0 Å². The highest BCUT2D eigenvalue weighted by atomic mass is 16.6. The van der Waals surface area contributed by atoms with Gasteiger partial charge in [0.05, 0.1) is 35.3 Å². The van der Waals surface area contributed by atoms with Crippen LogP contribution in [-0.2, 0) is 9.53 Å². The number of carbonyl (C=O) groups excluding carboxylic acids is 2. The summed E-state index contributed by atoms with van der Waals surface area (Å²) in [4.78, 5) is 37.4. The smallest absolute Gasteiger partial charge is 0.319 e. The largest absolute Gasteiger partial charge is 0.378 e. The van der Waals surface area contributed by atoms with Crippen molar-refractivity contribution in [2.45, 2.75) is 13.0 Å². The monoisotopic (exact) mass is 346 g/mol. The number of ether oxygens (including phenoxy) is 1. The molecule has 0 aromatic heterocycles. The molecule has 2 aliphatic heterocycles. The zero-order valence-electron chi connectivity index (χ0n) is 13.7. The van der Waals surface area contributed by atoms with Gasteiger partial charge in [-0.1, -0.05) is 12.1 Å². The van der Waals surface area contributed by atoms with Gasteiger partial charge in [-0.15, -0.1) is 0 Å². The quantitative estimate of drug-likeness (QED) is 0.628. The second kappa shape index (κ2) is 6.89. The summed E-state index contributed by atoms with van der Waals surface area (Å²) in [6.45, 7) is 3.37. The molecule has 2 N–H and O–H groups in total. The Kier molecular flexibility index (Phi) is 4.66. The molecule has 9 nitrogen and oxygen atoms in total. The van der Waals surface area contributed by atoms with Crippen LogP contribution in [0.5, 0.6) is 0 Å². The first-order chi connectivity index (χ1) is 12.0. The fourth-order valence-corrected chi connectivity index (χ4v) is 3.05. The molecule has 2 aliphatic rings. The molecule has 1 aromatic carbocycles. The van der Waals surface area contributed by atoms with Crippen LogP contribution >= 0.6 is 0 Å². The van der Waals surface area contributed by atoms with E-state index >= 15 is 0 Å². The second-order valence-electron chi connectivity index (χ2n) is 5.79. The van der Waals surface area contributed by atoms with Crippen molar-refractivity contribution in [2.24, 2.45) is 0 Å². The van der Waals surface area contributed by atoms with Gasteiger partial charge < -0.3 is 20.3 Å². The predicted octanol–water partition coefficient (Wildman–Crippen LogP) is 1.08. The molecule has 0 radical (unpaired) electrons. The summed E-state index contributed by atoms with van der Waals surface area (Å²) in [6, 6.07) is 4.71. The predicted molar refractivity (Wildman–Crippen MR) is 87.6 cm³/mol. The van der Waals surface area contributed by atoms with E-state index in [0.717, 1.165) is 0 Å². The lowest BCUT2D eigenvalue weighted by atomic mass is 9.93. The third-order valence-corrected chi connectivity index (χ3v) is 4.24. The molecular weight excluding hydrogens is 328 g/mol. The minimum Gasteiger partial charge on any atom is -0.378 e. The van der Waals surface area contributed by atoms with Gasteiger partial charge in [-0.3, -0.25) is 14.9 Å². The second-order valence-corrected chi connectivity index (χ2v) is 5.79. The van der Waals surface area contributed by atoms with Gasteiger partial charge in [0, 0.05) is 24.9 Å². The number of nitro benzene ring substituents is 1. The molecule has 2 heterocycles. The van der Waals surface area contributed by atoms with Crippen molar-refractivity contribution in [3.8, 4) is 0 Å². The van der Waals surface area contributed by atoms with Crippen molar-refractivity contribution in [3.63, 3.8) is 0 Å². The van der Waals surface area contributed by atoms with Gasteiger partial charge in [-0.05, 0) is 13.0 Å². The lowest BCUT2D eigenvalue weighted by Crippen LogP contribution is -2.49. The van der Waals surface area contributed by atoms with Crippen LogP contribution < -0.4 is 10.6 Å². The molecule has 132 valence electrons. The number of allylic oxidation sites excluding steroid dienone is 1. The number of hydrogen-bond acceptors (Lipinski definition) is 5. The van der Waals surface area contributed by atoms with E-state index in [4.69, 9.17) is 4.74 Å². The number of morpholine rings is 1. The maximum atomic E-state index is 13.0. The van der Waals surface area contributed by atoms with Crippen LogP contribution in [0.2, 0.25) is 0 Å². The highest BCUT2D eigenvalue weighted by Crippen LogP contribution is 2.33. The molecule has 0 bridgehead atoms. The number of carbonyl (C=O) groups is 2. The molecule has 3 rings (SSSR count). The van der Waals surface area contributed by atoms with Crippen molar-refractivity contribution >= 4 is 17.6 Å². The first-order valence-corrected chi connectivity index (χ1v) is 7.87. The van der Waals surface area contributed by atoms with E-state index in [1.54, 1.807) is 30.0 Å². The van der Waals surface area contributed by atoms with Crippen LogP contribution in [0, 0.1) is 10.1 Å². The Hall–Kier alpha value is -2.94. The third kappa shape index (κ3) is 3.31. The van der Waals surface area contributed by atoms with E-state index < -0.39 is 17.0 Å². The van der Waals surface area contributed by atoms with Gasteiger partial charge in [0.25, 0.3) is 11.6 Å². The van der Waals surface area contributed by atoms with Gasteiger partial charge in [-0.2, -0.15) is 0 Å². The van der Waals surface area contributed by atoms with Gasteiger partial charge in [0.15, 0.2) is 0 Å². The first-order valence-electron chi connectivity index (χ1n) is 7.87. The zero-order chi connectivity index (χ0) is 18.0. The average Bonchev–Trinajstić information content (AvgIpc) is 2.61. The Morgan fingerprint density at radius 3 is 2.68 bits per heavy atom. The molecule has 1 fully saturated rings. The van der Waals surface area contributed by atoms with Crippen LogP contribution in [0.1, 0.15) is 18.5 Å². The molecule has 1 atom stereocenters. The minimum absolute atomic E-state index is 0.144. The summed E-state index contributed by atoms with van der Waals surface area (Å²) in [5.41, 5.74) is 0.826. The maximum absolute atomic E-state index is 13.0. The maximum Gasteiger partial charge on any atom is 0.319 e. The van der Waals surface area contributed by atoms with E-state index in [2.05, 4.69) is 10.6 Å². The Bertz CT molecular complexity index is 755. The topological polar surface area (TPSA) is 114 Å². The zero-order valence-corrected chi connectivity index (χ0v) is 13.7. The highest BCUT2D eigenvalue weighted by molar-refractivity contribution is 5.98. The number of para-hydroxylation sites is 1. The van der Waals surface area contributed by atoms with Crippen molar-refractivity contribution in [3.05, 3.63) is 51.2 Å². The molecular formula is C16H18N4O5. The Labute approximate surface area is 143 Å². The van der Waals surface area contributed by atoms with Crippen molar-refractivity contribution in [2.75, 3.05) is 26.3 Å². The van der Waals surface area contributed by atoms with Crippen molar-refractivity contribution in [1.82, 2.24) is 15.5 Å². The Balaban J connectivity index is 2.04. The summed E-state index contributed by atoms with van der Waals surface area (Å²) < 4.78 is 5.26. The summed E-state index contributed by atoms with van der Waals surface area (Å²) in [5.74, 6) is -0.267. The number of amides is 3. The highest BCUT2D eigenvalue weighted by Gasteiger charge is 2.36. The van der Waals surface area contributed by atoms with Gasteiger partial charge >= 0.3 is 6.03 Å². The number of benzene rings is 1. The third-order valence-electron chi connectivity index (χ3n) is 4.24. The van der Waals surface area contributed by atoms with Crippen LogP contribution in [0.25, 0.3) is 0 Å². The first kappa shape index (κ1) is 16.9. The fourth-order valence-electron chi connectivity index (χ4n) is 3.05. The molecule has 3 amide bonds. The lowest BCUT2D eigenvalue weighted by molar-refractivity contribution is -0.385. The molecule has 0 spiro atoms. The Morgan fingerprint density at radius 2 is 2.00 bits per heavy atom. The van der Waals surface area contributed by atoms with Crippen LogP contribution in [0.4, 0.5) is 10.5 Å². The summed E-state index contributed by atoms with van der Waals surface area (Å²) in [5, 5.41) is 16.6. The van der Waals surface area contributed by atoms with Crippen molar-refractivity contribution in [1.29, 1.82) is 0 Å². The average molecular weight is 346 g/mol. The molecule has 0 aliphatic carbocycles. The van der Waals surface area contributed by atoms with Crippen LogP contribution in [0.3, 0.4) is 0 Å². The Morgan fingerprint density at radius 1 is 1.32 bits per heavy atom. The lowest BCUT2D eigenvalue weighted by Gasteiger charge is -2.33. The van der Waals surface area contributed by atoms with Crippen LogP contribution in [0.15, 0.2) is 35.5 Å². The molecule has 25 heavy (non-hydrogen) atoms. The van der Waals surface area contributed by atoms with E-state index in [1.165, 1.54) is 6.07 Å². The molecule has 1 saturated heterocycles. The van der Waals surface area contributed by atoms with E-state index in [-0.39, 0.29) is 17.2 Å². The van der Waals surface area contributed by atoms with Gasteiger partial charge in [-0.25, -0.2) is 4.79 Å². The minimum atomic E-state index is -0.884. The summed E-state index contributed by atoms with van der Waals surface area (Å²) in [6.07, 6.45) is 0. The summed E-state index contributed by atoms with van der Waals surface area (Å²) in [7, 11) is 0. The molecule has 0 saturated carbocycles. The molecule has 0 unspecified atom stereocenters. The van der Waals surface area contributed by atoms with Crippen molar-refractivity contribution < 1.29 is 19.2 Å². The standard InChI is InChI=1S/C16H18N4O5/c1-10-13(15(21)19-6-8-25-9-7-19)14(18-16(22)17-10)11-4-2-3-5-12(11)20(23)24/h2-5,14H,6-9H2,1H3,(H2,17,18,22)/t14-/m1/s1. The number of nitrogens with one attached hydrogen (secondary N) is 2. The van der Waals surface area contributed by atoms with Crippen LogP contribution in [-0.4, -0.2) is 48.1 Å². The van der Waals surface area contributed by atoms with E-state index in [1.807, 2.05) is 0 Å². The number of rotatable bonds is 3. The molecule has 1 aromatic rings. The summed E-state index contributed by atoms with van der Waals surface area (Å²) >= 11 is 0. The normalized spacial score (nSPS) is 20.8. The SMILES string of the molecule is CC1=C(C(=O)N2CCOCC2)[C@@H](c2ccccc2[N+](=O)[O-])NC(=O)N1. The number of hydrogen-bond donors (Lipinski definition) is 2. The van der Waals surface area contributed by atoms with E-state index in [9.17, 15) is 19.7 Å². The number of nitro groups is 1. The van der Waals surface area contributed by atoms with Gasteiger partial charge in [0.1, 0.15) is 0 Å². The molecule has 9 heteroatoms. The number of nitrogens with zero attached hydrogens (tertiary/aromatic N) is 2. The number of urea groups is 1. The fraction of sp³-hybridized carbons (Fsp3) is 0.375. The van der Waals surface area contributed by atoms with E-state index in [0.29, 0.717) is 37.6 Å².